The van der Waals surface area contributed by atoms with Crippen molar-refractivity contribution in [2.45, 2.75) is 38.6 Å². The summed E-state index contributed by atoms with van der Waals surface area (Å²) < 4.78 is 5.21. The zero-order valence-electron chi connectivity index (χ0n) is 14.0. The zero-order valence-corrected chi connectivity index (χ0v) is 14.8. The minimum Gasteiger partial charge on any atom is -0.495 e. The number of hydrogen-bond acceptors (Lipinski definition) is 4. The van der Waals surface area contributed by atoms with Crippen molar-refractivity contribution in [1.29, 1.82) is 5.26 Å². The first-order chi connectivity index (χ1) is 11.6. The molecule has 0 bridgehead atoms. The number of ether oxygens (including phenoxy) is 1. The molecule has 1 saturated heterocycles. The third-order valence-corrected chi connectivity index (χ3v) is 4.45. The lowest BCUT2D eigenvalue weighted by Gasteiger charge is -2.34. The van der Waals surface area contributed by atoms with E-state index in [9.17, 15) is 10.1 Å². The molecule has 1 aliphatic heterocycles. The average molecular weight is 348 g/mol. The van der Waals surface area contributed by atoms with E-state index in [1.807, 2.05) is 6.07 Å². The molecule has 1 aromatic rings. The van der Waals surface area contributed by atoms with Gasteiger partial charge in [0.1, 0.15) is 17.4 Å². The summed E-state index contributed by atoms with van der Waals surface area (Å²) in [6.07, 6.45) is 6.04. The minimum absolute atomic E-state index is 0.0809. The molecule has 1 amide bonds. The molecule has 0 aromatic heterocycles. The Morgan fingerprint density at radius 3 is 3.00 bits per heavy atom. The normalized spacial score (nSPS) is 18.0. The molecule has 0 spiro atoms. The molecular weight excluding hydrogens is 326 g/mol. The molecule has 1 N–H and O–H groups in total. The second-order valence-corrected chi connectivity index (χ2v) is 6.19. The number of benzene rings is 1. The maximum atomic E-state index is 12.5. The lowest BCUT2D eigenvalue weighted by atomic mass is 10.0. The summed E-state index contributed by atoms with van der Waals surface area (Å²) in [7, 11) is 1.51. The maximum absolute atomic E-state index is 12.5. The number of amides is 1. The number of methoxy groups -OCH3 is 1. The first-order valence-electron chi connectivity index (χ1n) is 8.11. The summed E-state index contributed by atoms with van der Waals surface area (Å²) in [5.41, 5.74) is 0.527. The smallest absolute Gasteiger partial charge is 0.267 e. The summed E-state index contributed by atoms with van der Waals surface area (Å²) in [6.45, 7) is 3.00. The number of carbonyl (C=O) groups excluding carboxylic acids is 1. The van der Waals surface area contributed by atoms with Gasteiger partial charge in [-0.1, -0.05) is 18.5 Å². The molecule has 5 nitrogen and oxygen atoms in total. The van der Waals surface area contributed by atoms with Crippen molar-refractivity contribution in [3.8, 4) is 11.8 Å². The number of likely N-dealkylation sites (tertiary alicyclic amines) is 1. The maximum Gasteiger partial charge on any atom is 0.267 e. The van der Waals surface area contributed by atoms with Crippen molar-refractivity contribution >= 4 is 23.2 Å². The van der Waals surface area contributed by atoms with Crippen molar-refractivity contribution in [2.75, 3.05) is 19.0 Å². The molecule has 1 unspecified atom stereocenters. The molecule has 0 saturated carbocycles. The van der Waals surface area contributed by atoms with Crippen molar-refractivity contribution < 1.29 is 9.53 Å². The van der Waals surface area contributed by atoms with Gasteiger partial charge < -0.3 is 15.0 Å². The van der Waals surface area contributed by atoms with E-state index in [2.05, 4.69) is 17.1 Å². The largest absolute Gasteiger partial charge is 0.495 e. The fraction of sp³-hybridized carbons (Fsp3) is 0.444. The van der Waals surface area contributed by atoms with Gasteiger partial charge in [-0.3, -0.25) is 4.79 Å². The van der Waals surface area contributed by atoms with Crippen LogP contribution in [0, 0.1) is 11.3 Å². The molecule has 2 rings (SSSR count). The van der Waals surface area contributed by atoms with Gasteiger partial charge in [0.05, 0.1) is 12.8 Å². The fourth-order valence-electron chi connectivity index (χ4n) is 2.90. The summed E-state index contributed by atoms with van der Waals surface area (Å²) in [6, 6.07) is 7.33. The van der Waals surface area contributed by atoms with Crippen molar-refractivity contribution in [2.24, 2.45) is 0 Å². The van der Waals surface area contributed by atoms with Gasteiger partial charge in [-0.15, -0.1) is 0 Å². The summed E-state index contributed by atoms with van der Waals surface area (Å²) in [4.78, 5) is 14.6. The van der Waals surface area contributed by atoms with Crippen LogP contribution < -0.4 is 10.1 Å². The lowest BCUT2D eigenvalue weighted by molar-refractivity contribution is -0.112. The van der Waals surface area contributed by atoms with Crippen LogP contribution in [0.15, 0.2) is 30.0 Å². The fourth-order valence-corrected chi connectivity index (χ4v) is 3.08. The third kappa shape index (κ3) is 4.42. The standard InChI is InChI=1S/C18H22ClN3O2/c1-3-15-6-4-5-9-22(15)12-13(11-20)18(23)21-16-10-14(19)7-8-17(16)24-2/h7-8,10,12,15H,3-6,9H2,1-2H3,(H,21,23)/b13-12-. The van der Waals surface area contributed by atoms with E-state index in [1.165, 1.54) is 13.5 Å². The number of nitrogens with zero attached hydrogens (tertiary/aromatic N) is 2. The Morgan fingerprint density at radius 1 is 1.54 bits per heavy atom. The molecule has 128 valence electrons. The SMILES string of the molecule is CCC1CCCCN1/C=C(/C#N)C(=O)Nc1cc(Cl)ccc1OC. The minimum atomic E-state index is -0.460. The van der Waals surface area contributed by atoms with E-state index in [0.717, 1.165) is 25.8 Å². The lowest BCUT2D eigenvalue weighted by Crippen LogP contribution is -2.35. The van der Waals surface area contributed by atoms with Crippen molar-refractivity contribution in [3.63, 3.8) is 0 Å². The van der Waals surface area contributed by atoms with Crippen LogP contribution in [0.4, 0.5) is 5.69 Å². The molecule has 1 heterocycles. The Hall–Kier alpha value is -2.19. The van der Waals surface area contributed by atoms with Gasteiger partial charge >= 0.3 is 0 Å². The van der Waals surface area contributed by atoms with Crippen LogP contribution >= 0.6 is 11.6 Å². The predicted octanol–water partition coefficient (Wildman–Crippen LogP) is 3.96. The number of hydrogen-bond donors (Lipinski definition) is 1. The number of carbonyl (C=O) groups is 1. The second kappa shape index (κ2) is 8.60. The van der Waals surface area contributed by atoms with Gasteiger partial charge in [-0.25, -0.2) is 0 Å². The van der Waals surface area contributed by atoms with Crippen LogP contribution in [0.25, 0.3) is 0 Å². The number of rotatable bonds is 5. The average Bonchev–Trinajstić information content (AvgIpc) is 2.60. The topological polar surface area (TPSA) is 65.4 Å². The number of anilines is 1. The Labute approximate surface area is 147 Å². The highest BCUT2D eigenvalue weighted by molar-refractivity contribution is 6.31. The van der Waals surface area contributed by atoms with E-state index < -0.39 is 5.91 Å². The van der Waals surface area contributed by atoms with E-state index in [1.54, 1.807) is 24.4 Å². The van der Waals surface area contributed by atoms with Gasteiger partial charge in [0.2, 0.25) is 0 Å². The van der Waals surface area contributed by atoms with Crippen LogP contribution in [0.5, 0.6) is 5.75 Å². The Kier molecular flexibility index (Phi) is 6.51. The van der Waals surface area contributed by atoms with Crippen LogP contribution in [0.3, 0.4) is 0 Å². The molecule has 1 fully saturated rings. The monoisotopic (exact) mass is 347 g/mol. The van der Waals surface area contributed by atoms with E-state index >= 15 is 0 Å². The van der Waals surface area contributed by atoms with E-state index in [4.69, 9.17) is 16.3 Å². The van der Waals surface area contributed by atoms with Crippen LogP contribution in [0.2, 0.25) is 5.02 Å². The molecule has 1 atom stereocenters. The molecule has 24 heavy (non-hydrogen) atoms. The molecule has 0 radical (unpaired) electrons. The van der Waals surface area contributed by atoms with E-state index in [-0.39, 0.29) is 5.57 Å². The zero-order chi connectivity index (χ0) is 17.5. The Morgan fingerprint density at radius 2 is 2.33 bits per heavy atom. The molecule has 0 aliphatic carbocycles. The summed E-state index contributed by atoms with van der Waals surface area (Å²) in [5.74, 6) is 0.0351. The van der Waals surface area contributed by atoms with Gasteiger partial charge in [0, 0.05) is 23.8 Å². The Balaban J connectivity index is 2.19. The first kappa shape index (κ1) is 18.2. The van der Waals surface area contributed by atoms with Crippen LogP contribution in [0.1, 0.15) is 32.6 Å². The van der Waals surface area contributed by atoms with Gasteiger partial charge in [-0.2, -0.15) is 5.26 Å². The second-order valence-electron chi connectivity index (χ2n) is 5.75. The summed E-state index contributed by atoms with van der Waals surface area (Å²) >= 11 is 5.97. The molecule has 6 heteroatoms. The number of nitrogens with one attached hydrogen (secondary N) is 1. The Bertz CT molecular complexity index is 667. The molecule has 1 aromatic carbocycles. The number of halogens is 1. The number of nitriles is 1. The van der Waals surface area contributed by atoms with Gasteiger partial charge in [-0.05, 0) is 43.9 Å². The van der Waals surface area contributed by atoms with Crippen LogP contribution in [-0.4, -0.2) is 30.5 Å². The van der Waals surface area contributed by atoms with Crippen molar-refractivity contribution in [3.05, 3.63) is 35.0 Å². The van der Waals surface area contributed by atoms with Crippen molar-refractivity contribution in [1.82, 2.24) is 4.90 Å². The van der Waals surface area contributed by atoms with Gasteiger partial charge in [0.15, 0.2) is 0 Å². The summed E-state index contributed by atoms with van der Waals surface area (Å²) in [5, 5.41) is 12.6. The first-order valence-corrected chi connectivity index (χ1v) is 8.49. The van der Waals surface area contributed by atoms with E-state index in [0.29, 0.717) is 22.5 Å². The highest BCUT2D eigenvalue weighted by atomic mass is 35.5. The highest BCUT2D eigenvalue weighted by Gasteiger charge is 2.21. The van der Waals surface area contributed by atoms with Crippen LogP contribution in [-0.2, 0) is 4.79 Å². The predicted molar refractivity (Wildman–Crippen MR) is 95.0 cm³/mol. The molecule has 1 aliphatic rings. The quantitative estimate of drug-likeness (QED) is 0.646. The third-order valence-electron chi connectivity index (χ3n) is 4.21. The van der Waals surface area contributed by atoms with Gasteiger partial charge in [0.25, 0.3) is 5.91 Å². The molecular formula is C18H22ClN3O2. The number of piperidine rings is 1. The highest BCUT2D eigenvalue weighted by Crippen LogP contribution is 2.28.